The summed E-state index contributed by atoms with van der Waals surface area (Å²) in [7, 11) is 0. The smallest absolute Gasteiger partial charge is 0.256 e. The van der Waals surface area contributed by atoms with Crippen molar-refractivity contribution in [1.29, 1.82) is 0 Å². The standard InChI is InChI=1S/C30H29N3O4/c34-25-8-7-23-15-22(5-6-24(23)16-25)20-1-3-21(4-2-20)26-31-29(10-11-29)27(35)33(26)18-19-9-14-32(17-19)28(36)30(37)12-13-30/h1-8,15-16,19,34,37H,9-14,17-18H2/t19-/m1/s1. The molecule has 188 valence electrons. The second kappa shape index (κ2) is 7.89. The number of rotatable bonds is 5. The first-order valence-electron chi connectivity index (χ1n) is 13.1. The maximum Gasteiger partial charge on any atom is 0.256 e. The number of amidine groups is 1. The van der Waals surface area contributed by atoms with E-state index in [-0.39, 0.29) is 23.5 Å². The number of phenolic OH excluding ortho intramolecular Hbond substituents is 1. The molecule has 0 unspecified atom stereocenters. The SMILES string of the molecule is O=C(N1CC[C@@H](CN2C(=O)C3(CC3)N=C2c2ccc(-c3ccc4cc(O)ccc4c3)cc2)C1)C1(O)CC1. The number of carbonyl (C=O) groups excluding carboxylic acids is 2. The van der Waals surface area contributed by atoms with E-state index in [1.54, 1.807) is 17.0 Å². The van der Waals surface area contributed by atoms with Gasteiger partial charge in [-0.15, -0.1) is 0 Å². The number of hydrogen-bond donors (Lipinski definition) is 2. The first kappa shape index (κ1) is 22.5. The molecule has 7 rings (SSSR count). The van der Waals surface area contributed by atoms with Crippen molar-refractivity contribution >= 4 is 28.4 Å². The zero-order chi connectivity index (χ0) is 25.4. The second-order valence-corrected chi connectivity index (χ2v) is 11.1. The highest BCUT2D eigenvalue weighted by molar-refractivity contribution is 6.16. The monoisotopic (exact) mass is 495 g/mol. The van der Waals surface area contributed by atoms with Crippen LogP contribution < -0.4 is 0 Å². The molecule has 0 radical (unpaired) electrons. The van der Waals surface area contributed by atoms with Crippen molar-refractivity contribution in [3.05, 3.63) is 66.2 Å². The third kappa shape index (κ3) is 3.80. The van der Waals surface area contributed by atoms with Crippen LogP contribution in [0.1, 0.15) is 37.7 Å². The number of nitrogens with zero attached hydrogens (tertiary/aromatic N) is 3. The molecule has 7 nitrogen and oxygen atoms in total. The molecule has 2 aliphatic carbocycles. The number of fused-ring (bicyclic) bond motifs is 1. The van der Waals surface area contributed by atoms with Crippen molar-refractivity contribution in [2.75, 3.05) is 19.6 Å². The molecule has 1 saturated heterocycles. The largest absolute Gasteiger partial charge is 0.508 e. The molecule has 2 saturated carbocycles. The van der Waals surface area contributed by atoms with Gasteiger partial charge in [-0.05, 0) is 78.1 Å². The molecule has 3 aromatic rings. The van der Waals surface area contributed by atoms with Gasteiger partial charge in [-0.1, -0.05) is 42.5 Å². The number of benzene rings is 3. The fourth-order valence-electron chi connectivity index (χ4n) is 5.77. The van der Waals surface area contributed by atoms with Gasteiger partial charge in [0.1, 0.15) is 22.7 Å². The van der Waals surface area contributed by atoms with E-state index in [0.29, 0.717) is 32.5 Å². The number of hydrogen-bond acceptors (Lipinski definition) is 5. The minimum Gasteiger partial charge on any atom is -0.508 e. The molecule has 7 heteroatoms. The van der Waals surface area contributed by atoms with Crippen LogP contribution in [0.5, 0.6) is 5.75 Å². The van der Waals surface area contributed by atoms with E-state index in [0.717, 1.165) is 52.6 Å². The normalized spacial score (nSPS) is 23.1. The number of phenols is 1. The van der Waals surface area contributed by atoms with Crippen molar-refractivity contribution in [3.63, 3.8) is 0 Å². The van der Waals surface area contributed by atoms with Crippen LogP contribution in [0.15, 0.2) is 65.7 Å². The van der Waals surface area contributed by atoms with Gasteiger partial charge >= 0.3 is 0 Å². The predicted octanol–water partition coefficient (Wildman–Crippen LogP) is 3.71. The number of aromatic hydroxyl groups is 1. The average Bonchev–Trinajstić information content (AvgIpc) is 3.79. The molecule has 2 heterocycles. The highest BCUT2D eigenvalue weighted by Gasteiger charge is 2.58. The lowest BCUT2D eigenvalue weighted by Crippen LogP contribution is -2.42. The van der Waals surface area contributed by atoms with Gasteiger partial charge in [0.15, 0.2) is 0 Å². The molecule has 4 aliphatic rings. The Bertz CT molecular complexity index is 1470. The topological polar surface area (TPSA) is 93.4 Å². The van der Waals surface area contributed by atoms with Gasteiger partial charge in [0, 0.05) is 25.2 Å². The van der Waals surface area contributed by atoms with Crippen molar-refractivity contribution in [1.82, 2.24) is 9.80 Å². The number of amides is 2. The molecular formula is C30H29N3O4. The first-order chi connectivity index (χ1) is 17.8. The molecule has 3 fully saturated rings. The molecule has 2 N–H and O–H groups in total. The highest BCUT2D eigenvalue weighted by atomic mass is 16.3. The van der Waals surface area contributed by atoms with Crippen LogP contribution in [-0.4, -0.2) is 68.4 Å². The summed E-state index contributed by atoms with van der Waals surface area (Å²) in [6.45, 7) is 1.75. The van der Waals surface area contributed by atoms with Crippen molar-refractivity contribution in [3.8, 4) is 16.9 Å². The van der Waals surface area contributed by atoms with Gasteiger partial charge in [0.25, 0.3) is 11.8 Å². The van der Waals surface area contributed by atoms with Gasteiger partial charge in [0.2, 0.25) is 0 Å². The summed E-state index contributed by atoms with van der Waals surface area (Å²) in [5.74, 6) is 1.08. The second-order valence-electron chi connectivity index (χ2n) is 11.1. The molecule has 1 atom stereocenters. The van der Waals surface area contributed by atoms with E-state index in [2.05, 4.69) is 18.2 Å². The number of aliphatic imine (C=N–C) groups is 1. The number of carbonyl (C=O) groups is 2. The third-order valence-corrected chi connectivity index (χ3v) is 8.38. The Kier molecular flexibility index (Phi) is 4.80. The van der Waals surface area contributed by atoms with Crippen LogP contribution in [-0.2, 0) is 9.59 Å². The molecule has 2 aliphatic heterocycles. The van der Waals surface area contributed by atoms with Crippen LogP contribution in [0.4, 0.5) is 0 Å². The maximum absolute atomic E-state index is 13.4. The van der Waals surface area contributed by atoms with Crippen LogP contribution in [0.25, 0.3) is 21.9 Å². The van der Waals surface area contributed by atoms with Crippen LogP contribution in [0, 0.1) is 5.92 Å². The fraction of sp³-hybridized carbons (Fsp3) is 0.367. The van der Waals surface area contributed by atoms with E-state index < -0.39 is 11.1 Å². The van der Waals surface area contributed by atoms with Gasteiger partial charge in [-0.25, -0.2) is 0 Å². The molecule has 2 amide bonds. The summed E-state index contributed by atoms with van der Waals surface area (Å²) in [4.78, 5) is 34.4. The van der Waals surface area contributed by atoms with E-state index in [1.165, 1.54) is 0 Å². The summed E-state index contributed by atoms with van der Waals surface area (Å²) >= 11 is 0. The summed E-state index contributed by atoms with van der Waals surface area (Å²) in [5.41, 5.74) is 1.34. The van der Waals surface area contributed by atoms with Gasteiger partial charge in [-0.3, -0.25) is 19.5 Å². The predicted molar refractivity (Wildman–Crippen MR) is 140 cm³/mol. The molecule has 37 heavy (non-hydrogen) atoms. The Balaban J connectivity index is 1.11. The zero-order valence-corrected chi connectivity index (χ0v) is 20.6. The fourth-order valence-corrected chi connectivity index (χ4v) is 5.77. The first-order valence-corrected chi connectivity index (χ1v) is 13.1. The van der Waals surface area contributed by atoms with Crippen LogP contribution in [0.2, 0.25) is 0 Å². The average molecular weight is 496 g/mol. The Hall–Kier alpha value is -3.71. The maximum atomic E-state index is 13.4. The number of likely N-dealkylation sites (tertiary alicyclic amines) is 1. The quantitative estimate of drug-likeness (QED) is 0.564. The highest BCUT2D eigenvalue weighted by Crippen LogP contribution is 2.46. The summed E-state index contributed by atoms with van der Waals surface area (Å²) < 4.78 is 0. The minimum atomic E-state index is -1.14. The van der Waals surface area contributed by atoms with Crippen molar-refractivity contribution in [2.45, 2.75) is 43.2 Å². The van der Waals surface area contributed by atoms with Crippen molar-refractivity contribution < 1.29 is 19.8 Å². The zero-order valence-electron chi connectivity index (χ0n) is 20.6. The summed E-state index contributed by atoms with van der Waals surface area (Å²) in [5, 5.41) is 22.0. The third-order valence-electron chi connectivity index (χ3n) is 8.38. The van der Waals surface area contributed by atoms with Crippen LogP contribution >= 0.6 is 0 Å². The molecule has 1 spiro atoms. The Labute approximate surface area is 215 Å². The van der Waals surface area contributed by atoms with E-state index in [9.17, 15) is 19.8 Å². The van der Waals surface area contributed by atoms with E-state index in [1.807, 2.05) is 35.2 Å². The molecule has 3 aromatic carbocycles. The lowest BCUT2D eigenvalue weighted by molar-refractivity contribution is -0.141. The molecule has 0 aromatic heterocycles. The number of aliphatic hydroxyl groups is 1. The summed E-state index contributed by atoms with van der Waals surface area (Å²) in [6.07, 6.45) is 3.51. The molecular weight excluding hydrogens is 466 g/mol. The van der Waals surface area contributed by atoms with E-state index >= 15 is 0 Å². The molecule has 0 bridgehead atoms. The Morgan fingerprint density at radius 2 is 1.59 bits per heavy atom. The van der Waals surface area contributed by atoms with Crippen molar-refractivity contribution in [2.24, 2.45) is 10.9 Å². The Morgan fingerprint density at radius 1 is 0.919 bits per heavy atom. The lowest BCUT2D eigenvalue weighted by Gasteiger charge is -2.24. The van der Waals surface area contributed by atoms with Gasteiger partial charge in [-0.2, -0.15) is 0 Å². The van der Waals surface area contributed by atoms with Gasteiger partial charge < -0.3 is 15.1 Å². The lowest BCUT2D eigenvalue weighted by atomic mass is 9.99. The minimum absolute atomic E-state index is 0.0787. The van der Waals surface area contributed by atoms with E-state index in [4.69, 9.17) is 4.99 Å². The van der Waals surface area contributed by atoms with Crippen LogP contribution in [0.3, 0.4) is 0 Å². The Morgan fingerprint density at radius 3 is 2.32 bits per heavy atom. The summed E-state index contributed by atoms with van der Waals surface area (Å²) in [6, 6.07) is 19.7. The van der Waals surface area contributed by atoms with Gasteiger partial charge in [0.05, 0.1) is 0 Å².